The SMILES string of the molecule is CC(C)NCC(O)CN1C(=O)CC(C)(C)C1=O. The first-order valence-electron chi connectivity index (χ1n) is 6.00. The Morgan fingerprint density at radius 1 is 1.41 bits per heavy atom. The van der Waals surface area contributed by atoms with Gasteiger partial charge in [-0.2, -0.15) is 0 Å². The molecule has 17 heavy (non-hydrogen) atoms. The Morgan fingerprint density at radius 2 is 2.00 bits per heavy atom. The van der Waals surface area contributed by atoms with E-state index in [0.717, 1.165) is 0 Å². The van der Waals surface area contributed by atoms with E-state index in [0.29, 0.717) is 6.54 Å². The third kappa shape index (κ3) is 3.51. The van der Waals surface area contributed by atoms with Crippen molar-refractivity contribution in [2.24, 2.45) is 5.41 Å². The first-order chi connectivity index (χ1) is 7.74. The zero-order valence-corrected chi connectivity index (χ0v) is 11.0. The third-order valence-electron chi connectivity index (χ3n) is 2.87. The predicted octanol–water partition coefficient (Wildman–Crippen LogP) is 0.130. The molecule has 1 unspecified atom stereocenters. The molecule has 0 radical (unpaired) electrons. The number of carbonyl (C=O) groups excluding carboxylic acids is 2. The number of β-amino-alcohol motifs (C(OH)–C–C–N with tert-alkyl or cyclic N) is 1. The molecule has 1 fully saturated rings. The maximum Gasteiger partial charge on any atom is 0.235 e. The number of hydrogen-bond donors (Lipinski definition) is 2. The normalized spacial score (nSPS) is 21.4. The first kappa shape index (κ1) is 14.1. The summed E-state index contributed by atoms with van der Waals surface area (Å²) in [5, 5.41) is 12.8. The lowest BCUT2D eigenvalue weighted by atomic mass is 9.92. The minimum absolute atomic E-state index is 0.0841. The van der Waals surface area contributed by atoms with Gasteiger partial charge in [-0.3, -0.25) is 14.5 Å². The highest BCUT2D eigenvalue weighted by Crippen LogP contribution is 2.31. The molecule has 1 rings (SSSR count). The van der Waals surface area contributed by atoms with Crippen LogP contribution < -0.4 is 5.32 Å². The molecule has 0 aromatic rings. The Labute approximate surface area is 102 Å². The van der Waals surface area contributed by atoms with E-state index >= 15 is 0 Å². The molecule has 2 N–H and O–H groups in total. The van der Waals surface area contributed by atoms with Crippen LogP contribution in [0.15, 0.2) is 0 Å². The Bertz CT molecular complexity index is 313. The van der Waals surface area contributed by atoms with Crippen molar-refractivity contribution in [3.8, 4) is 0 Å². The van der Waals surface area contributed by atoms with Crippen LogP contribution in [0.4, 0.5) is 0 Å². The molecule has 2 amide bonds. The monoisotopic (exact) mass is 242 g/mol. The van der Waals surface area contributed by atoms with E-state index in [1.807, 2.05) is 13.8 Å². The van der Waals surface area contributed by atoms with Gasteiger partial charge in [0, 0.05) is 19.0 Å². The molecule has 0 spiro atoms. The molecule has 1 saturated heterocycles. The van der Waals surface area contributed by atoms with Crippen LogP contribution in [0.2, 0.25) is 0 Å². The summed E-state index contributed by atoms with van der Waals surface area (Å²) in [7, 11) is 0. The van der Waals surface area contributed by atoms with Gasteiger partial charge < -0.3 is 10.4 Å². The van der Waals surface area contributed by atoms with Crippen LogP contribution in [0.25, 0.3) is 0 Å². The van der Waals surface area contributed by atoms with Gasteiger partial charge in [-0.25, -0.2) is 0 Å². The van der Waals surface area contributed by atoms with Crippen molar-refractivity contribution < 1.29 is 14.7 Å². The van der Waals surface area contributed by atoms with E-state index in [1.165, 1.54) is 4.90 Å². The van der Waals surface area contributed by atoms with Crippen LogP contribution in [0.3, 0.4) is 0 Å². The molecule has 1 aliphatic heterocycles. The van der Waals surface area contributed by atoms with Gasteiger partial charge in [0.1, 0.15) is 0 Å². The summed E-state index contributed by atoms with van der Waals surface area (Å²) in [4.78, 5) is 24.7. The van der Waals surface area contributed by atoms with Crippen LogP contribution in [-0.2, 0) is 9.59 Å². The fourth-order valence-electron chi connectivity index (χ4n) is 1.86. The van der Waals surface area contributed by atoms with E-state index in [9.17, 15) is 14.7 Å². The number of carbonyl (C=O) groups is 2. The molecule has 0 bridgehead atoms. The molecule has 0 aromatic carbocycles. The Kier molecular flexibility index (Phi) is 4.27. The second-order valence-electron chi connectivity index (χ2n) is 5.59. The lowest BCUT2D eigenvalue weighted by Gasteiger charge is -2.21. The van der Waals surface area contributed by atoms with Crippen molar-refractivity contribution >= 4 is 11.8 Å². The topological polar surface area (TPSA) is 69.6 Å². The predicted molar refractivity (Wildman–Crippen MR) is 64.3 cm³/mol. The van der Waals surface area contributed by atoms with Crippen LogP contribution >= 0.6 is 0 Å². The first-order valence-corrected chi connectivity index (χ1v) is 6.00. The number of nitrogens with one attached hydrogen (secondary N) is 1. The van der Waals surface area contributed by atoms with Crippen molar-refractivity contribution in [1.29, 1.82) is 0 Å². The molecule has 5 nitrogen and oxygen atoms in total. The summed E-state index contributed by atoms with van der Waals surface area (Å²) in [5.41, 5.74) is -0.623. The number of imide groups is 1. The number of hydrogen-bond acceptors (Lipinski definition) is 4. The molecule has 0 saturated carbocycles. The quantitative estimate of drug-likeness (QED) is 0.672. The summed E-state index contributed by atoms with van der Waals surface area (Å²) in [6, 6.07) is 0.270. The fourth-order valence-corrected chi connectivity index (χ4v) is 1.86. The van der Waals surface area contributed by atoms with Crippen molar-refractivity contribution in [2.45, 2.75) is 46.3 Å². The van der Waals surface area contributed by atoms with Gasteiger partial charge in [-0.05, 0) is 0 Å². The third-order valence-corrected chi connectivity index (χ3v) is 2.87. The van der Waals surface area contributed by atoms with E-state index in [1.54, 1.807) is 13.8 Å². The summed E-state index contributed by atoms with van der Waals surface area (Å²) in [6.07, 6.45) is -0.477. The van der Waals surface area contributed by atoms with Crippen LogP contribution in [0.5, 0.6) is 0 Å². The van der Waals surface area contributed by atoms with E-state index in [4.69, 9.17) is 0 Å². The van der Waals surface area contributed by atoms with Gasteiger partial charge in [-0.15, -0.1) is 0 Å². The van der Waals surface area contributed by atoms with E-state index < -0.39 is 11.5 Å². The molecular formula is C12H22N2O3. The minimum atomic E-state index is -0.709. The highest BCUT2D eigenvalue weighted by Gasteiger charge is 2.45. The Balaban J connectivity index is 2.52. The number of aliphatic hydroxyl groups excluding tert-OH is 1. The molecule has 1 atom stereocenters. The van der Waals surface area contributed by atoms with Gasteiger partial charge in [0.05, 0.1) is 18.1 Å². The van der Waals surface area contributed by atoms with E-state index in [2.05, 4.69) is 5.32 Å². The number of aliphatic hydroxyl groups is 1. The maximum absolute atomic E-state index is 11.9. The van der Waals surface area contributed by atoms with Crippen LogP contribution in [-0.4, -0.2) is 47.1 Å². The highest BCUT2D eigenvalue weighted by atomic mass is 16.3. The van der Waals surface area contributed by atoms with Crippen LogP contribution in [0, 0.1) is 5.41 Å². The van der Waals surface area contributed by atoms with Gasteiger partial charge in [0.25, 0.3) is 0 Å². The minimum Gasteiger partial charge on any atom is -0.390 e. The highest BCUT2D eigenvalue weighted by molar-refractivity contribution is 6.05. The van der Waals surface area contributed by atoms with Gasteiger partial charge in [0.15, 0.2) is 0 Å². The second kappa shape index (κ2) is 5.14. The standard InChI is InChI=1S/C12H22N2O3/c1-8(2)13-6-9(15)7-14-10(16)5-12(3,4)11(14)17/h8-9,13,15H,5-7H2,1-4H3. The van der Waals surface area contributed by atoms with Gasteiger partial charge in [-0.1, -0.05) is 27.7 Å². The Hall–Kier alpha value is -0.940. The smallest absolute Gasteiger partial charge is 0.235 e. The zero-order chi connectivity index (χ0) is 13.2. The molecular weight excluding hydrogens is 220 g/mol. The average molecular weight is 242 g/mol. The van der Waals surface area contributed by atoms with Crippen molar-refractivity contribution in [2.75, 3.05) is 13.1 Å². The molecule has 0 aliphatic carbocycles. The lowest BCUT2D eigenvalue weighted by Crippen LogP contribution is -2.43. The molecule has 1 heterocycles. The molecule has 98 valence electrons. The zero-order valence-electron chi connectivity index (χ0n) is 11.0. The fraction of sp³-hybridized carbons (Fsp3) is 0.833. The number of likely N-dealkylation sites (tertiary alicyclic amines) is 1. The van der Waals surface area contributed by atoms with Crippen molar-refractivity contribution in [3.63, 3.8) is 0 Å². The molecule has 1 aliphatic rings. The summed E-state index contributed by atoms with van der Waals surface area (Å²) < 4.78 is 0. The summed E-state index contributed by atoms with van der Waals surface area (Å²) >= 11 is 0. The van der Waals surface area contributed by atoms with E-state index in [-0.39, 0.29) is 30.8 Å². The maximum atomic E-state index is 11.9. The second-order valence-corrected chi connectivity index (χ2v) is 5.59. The van der Waals surface area contributed by atoms with Crippen LogP contribution in [0.1, 0.15) is 34.1 Å². The molecule has 0 aromatic heterocycles. The average Bonchev–Trinajstić information content (AvgIpc) is 2.38. The summed E-state index contributed by atoms with van der Waals surface area (Å²) in [5.74, 6) is -0.380. The number of amides is 2. The number of rotatable bonds is 5. The number of nitrogens with zero attached hydrogens (tertiary/aromatic N) is 1. The lowest BCUT2D eigenvalue weighted by molar-refractivity contribution is -0.142. The Morgan fingerprint density at radius 3 is 2.41 bits per heavy atom. The summed E-state index contributed by atoms with van der Waals surface area (Å²) in [6.45, 7) is 7.93. The largest absolute Gasteiger partial charge is 0.390 e. The molecule has 5 heteroatoms. The van der Waals surface area contributed by atoms with Gasteiger partial charge >= 0.3 is 0 Å². The van der Waals surface area contributed by atoms with Gasteiger partial charge in [0.2, 0.25) is 11.8 Å². The van der Waals surface area contributed by atoms with Crippen molar-refractivity contribution in [1.82, 2.24) is 10.2 Å². The van der Waals surface area contributed by atoms with Crippen molar-refractivity contribution in [3.05, 3.63) is 0 Å².